The molecule has 26 heavy (non-hydrogen) atoms. The van der Waals surface area contributed by atoms with Crippen molar-refractivity contribution in [3.63, 3.8) is 0 Å². The van der Waals surface area contributed by atoms with Gasteiger partial charge < -0.3 is 9.67 Å². The van der Waals surface area contributed by atoms with Crippen molar-refractivity contribution in [1.82, 2.24) is 24.3 Å². The van der Waals surface area contributed by atoms with Gasteiger partial charge in [-0.25, -0.2) is 4.98 Å². The van der Waals surface area contributed by atoms with E-state index >= 15 is 0 Å². The quantitative estimate of drug-likeness (QED) is 0.603. The smallest absolute Gasteiger partial charge is 0.111 e. The molecule has 4 rings (SSSR count). The summed E-state index contributed by atoms with van der Waals surface area (Å²) >= 11 is 0. The number of imidazole rings is 1. The van der Waals surface area contributed by atoms with Gasteiger partial charge >= 0.3 is 0 Å². The highest BCUT2D eigenvalue weighted by molar-refractivity contribution is 5.77. The molecule has 0 saturated heterocycles. The molecule has 3 aromatic heterocycles. The van der Waals surface area contributed by atoms with Crippen molar-refractivity contribution in [3.8, 4) is 11.4 Å². The maximum absolute atomic E-state index is 10.5. The minimum Gasteiger partial charge on any atom is -0.389 e. The molecule has 1 N–H and O–H groups in total. The fourth-order valence-electron chi connectivity index (χ4n) is 3.07. The number of rotatable bonds is 5. The third-order valence-corrected chi connectivity index (χ3v) is 4.61. The second kappa shape index (κ2) is 6.72. The summed E-state index contributed by atoms with van der Waals surface area (Å²) in [6.07, 6.45) is 4.84. The van der Waals surface area contributed by atoms with Crippen molar-refractivity contribution in [3.05, 3.63) is 66.2 Å². The number of aromatic nitrogens is 5. The van der Waals surface area contributed by atoms with E-state index in [0.717, 1.165) is 22.4 Å². The summed E-state index contributed by atoms with van der Waals surface area (Å²) in [6, 6.07) is 11.9. The zero-order valence-electron chi connectivity index (χ0n) is 14.9. The molecule has 6 heteroatoms. The fourth-order valence-corrected chi connectivity index (χ4v) is 3.07. The van der Waals surface area contributed by atoms with Crippen LogP contribution < -0.4 is 0 Å². The maximum atomic E-state index is 10.5. The third kappa shape index (κ3) is 3.23. The molecule has 0 spiro atoms. The second-order valence-electron chi connectivity index (χ2n) is 6.61. The second-order valence-corrected chi connectivity index (χ2v) is 6.61. The van der Waals surface area contributed by atoms with Crippen LogP contribution in [0.25, 0.3) is 22.4 Å². The Hall–Kier alpha value is -2.99. The molecule has 0 aliphatic rings. The first-order valence-electron chi connectivity index (χ1n) is 8.65. The van der Waals surface area contributed by atoms with Crippen molar-refractivity contribution in [2.24, 2.45) is 0 Å². The third-order valence-electron chi connectivity index (χ3n) is 4.61. The van der Waals surface area contributed by atoms with Crippen molar-refractivity contribution >= 4 is 11.0 Å². The molecule has 0 amide bonds. The Morgan fingerprint density at radius 1 is 1.00 bits per heavy atom. The number of aliphatic hydroxyl groups is 1. The predicted molar refractivity (Wildman–Crippen MR) is 101 cm³/mol. The summed E-state index contributed by atoms with van der Waals surface area (Å²) in [7, 11) is 0. The standard InChI is InChI=1S/C20H21N5O/c1-14-9-19-20(10-15(14)2)24(13-22-19)11-16(26)12-25-8-6-18(23-25)17-5-3-4-7-21-17/h3-10,13,16,26H,11-12H2,1-2H3/t16-/m0/s1. The van der Waals surface area contributed by atoms with Crippen LogP contribution in [0.5, 0.6) is 0 Å². The van der Waals surface area contributed by atoms with Crippen LogP contribution in [0.1, 0.15) is 11.1 Å². The number of aliphatic hydroxyl groups excluding tert-OH is 1. The van der Waals surface area contributed by atoms with E-state index in [4.69, 9.17) is 0 Å². The lowest BCUT2D eigenvalue weighted by atomic mass is 10.1. The Bertz CT molecular complexity index is 1030. The van der Waals surface area contributed by atoms with Gasteiger partial charge in [0.2, 0.25) is 0 Å². The number of aryl methyl sites for hydroxylation is 2. The van der Waals surface area contributed by atoms with Gasteiger partial charge in [-0.3, -0.25) is 9.67 Å². The predicted octanol–water partition coefficient (Wildman–Crippen LogP) is 2.97. The van der Waals surface area contributed by atoms with Crippen LogP contribution in [0.2, 0.25) is 0 Å². The first kappa shape index (κ1) is 16.5. The Kier molecular flexibility index (Phi) is 4.26. The number of nitrogens with zero attached hydrogens (tertiary/aromatic N) is 5. The zero-order chi connectivity index (χ0) is 18.1. The number of hydrogen-bond donors (Lipinski definition) is 1. The van der Waals surface area contributed by atoms with Crippen LogP contribution in [0.4, 0.5) is 0 Å². The highest BCUT2D eigenvalue weighted by atomic mass is 16.3. The Labute approximate surface area is 151 Å². The number of fused-ring (bicyclic) bond motifs is 1. The van der Waals surface area contributed by atoms with Crippen molar-refractivity contribution in [2.75, 3.05) is 0 Å². The Morgan fingerprint density at radius 3 is 2.65 bits per heavy atom. The van der Waals surface area contributed by atoms with Gasteiger partial charge in [0.25, 0.3) is 0 Å². The lowest BCUT2D eigenvalue weighted by Crippen LogP contribution is -2.22. The van der Waals surface area contributed by atoms with Gasteiger partial charge in [-0.15, -0.1) is 0 Å². The normalized spacial score (nSPS) is 12.6. The van der Waals surface area contributed by atoms with E-state index in [1.54, 1.807) is 17.2 Å². The van der Waals surface area contributed by atoms with Crippen LogP contribution in [0, 0.1) is 13.8 Å². The van der Waals surface area contributed by atoms with Gasteiger partial charge in [-0.2, -0.15) is 5.10 Å². The van der Waals surface area contributed by atoms with Crippen molar-refractivity contribution in [1.29, 1.82) is 0 Å². The highest BCUT2D eigenvalue weighted by Gasteiger charge is 2.12. The average molecular weight is 347 g/mol. The van der Waals surface area contributed by atoms with Crippen molar-refractivity contribution < 1.29 is 5.11 Å². The van der Waals surface area contributed by atoms with Crippen LogP contribution in [0.3, 0.4) is 0 Å². The van der Waals surface area contributed by atoms with Crippen LogP contribution in [-0.2, 0) is 13.1 Å². The number of pyridine rings is 1. The molecule has 0 bridgehead atoms. The molecule has 3 heterocycles. The molecule has 4 aromatic rings. The highest BCUT2D eigenvalue weighted by Crippen LogP contribution is 2.19. The molecule has 0 fully saturated rings. The van der Waals surface area contributed by atoms with Gasteiger partial charge in [0, 0.05) is 12.4 Å². The molecule has 0 saturated carbocycles. The van der Waals surface area contributed by atoms with Crippen LogP contribution >= 0.6 is 0 Å². The van der Waals surface area contributed by atoms with Gasteiger partial charge in [0.15, 0.2) is 0 Å². The van der Waals surface area contributed by atoms with E-state index in [2.05, 4.69) is 41.0 Å². The molecule has 1 atom stereocenters. The minimum absolute atomic E-state index is 0.414. The Balaban J connectivity index is 1.49. The molecule has 132 valence electrons. The topological polar surface area (TPSA) is 68.8 Å². The average Bonchev–Trinajstić information content (AvgIpc) is 3.24. The lowest BCUT2D eigenvalue weighted by Gasteiger charge is -2.13. The summed E-state index contributed by atoms with van der Waals surface area (Å²) in [5.74, 6) is 0. The molecular formula is C20H21N5O. The van der Waals surface area contributed by atoms with Gasteiger partial charge in [-0.05, 0) is 55.3 Å². The van der Waals surface area contributed by atoms with E-state index in [1.807, 2.05) is 35.0 Å². The van der Waals surface area contributed by atoms with E-state index in [1.165, 1.54) is 11.1 Å². The number of benzene rings is 1. The first-order valence-corrected chi connectivity index (χ1v) is 8.65. The minimum atomic E-state index is -0.564. The van der Waals surface area contributed by atoms with Gasteiger partial charge in [0.1, 0.15) is 5.69 Å². The summed E-state index contributed by atoms with van der Waals surface area (Å²) in [5.41, 5.74) is 6.07. The lowest BCUT2D eigenvalue weighted by molar-refractivity contribution is 0.131. The first-order chi connectivity index (χ1) is 12.6. The van der Waals surface area contributed by atoms with E-state index < -0.39 is 6.10 Å². The van der Waals surface area contributed by atoms with E-state index in [9.17, 15) is 5.11 Å². The maximum Gasteiger partial charge on any atom is 0.111 e. The van der Waals surface area contributed by atoms with Crippen molar-refractivity contribution in [2.45, 2.75) is 33.0 Å². The molecule has 0 aliphatic heterocycles. The number of hydrogen-bond acceptors (Lipinski definition) is 4. The Morgan fingerprint density at radius 2 is 1.85 bits per heavy atom. The SMILES string of the molecule is Cc1cc2ncn(C[C@H](O)Cn3ccc(-c4ccccn4)n3)c2cc1C. The molecule has 1 aromatic carbocycles. The summed E-state index contributed by atoms with van der Waals surface area (Å²) in [4.78, 5) is 8.75. The molecular weight excluding hydrogens is 326 g/mol. The summed E-state index contributed by atoms with van der Waals surface area (Å²) < 4.78 is 3.75. The monoisotopic (exact) mass is 347 g/mol. The van der Waals surface area contributed by atoms with E-state index in [0.29, 0.717) is 13.1 Å². The molecule has 0 radical (unpaired) electrons. The van der Waals surface area contributed by atoms with Gasteiger partial charge in [-0.1, -0.05) is 6.07 Å². The van der Waals surface area contributed by atoms with Crippen LogP contribution in [-0.4, -0.2) is 35.5 Å². The largest absolute Gasteiger partial charge is 0.389 e. The molecule has 6 nitrogen and oxygen atoms in total. The van der Waals surface area contributed by atoms with Crippen LogP contribution in [0.15, 0.2) is 55.1 Å². The molecule has 0 aliphatic carbocycles. The van der Waals surface area contributed by atoms with E-state index in [-0.39, 0.29) is 0 Å². The van der Waals surface area contributed by atoms with Gasteiger partial charge in [0.05, 0.1) is 42.2 Å². The molecule has 0 unspecified atom stereocenters. The summed E-state index contributed by atoms with van der Waals surface area (Å²) in [6.45, 7) is 5.06. The zero-order valence-corrected chi connectivity index (χ0v) is 14.9. The summed E-state index contributed by atoms with van der Waals surface area (Å²) in [5, 5.41) is 15.0. The fraction of sp³-hybridized carbons (Fsp3) is 0.250.